The zero-order valence-electron chi connectivity index (χ0n) is 10.9. The van der Waals surface area contributed by atoms with E-state index in [9.17, 15) is 14.4 Å². The second-order valence-electron chi connectivity index (χ2n) is 4.94. The van der Waals surface area contributed by atoms with Gasteiger partial charge in [-0.2, -0.15) is 0 Å². The van der Waals surface area contributed by atoms with Crippen LogP contribution in [0.15, 0.2) is 0 Å². The average molecular weight is 325 g/mol. The first-order valence-electron chi connectivity index (χ1n) is 6.13. The normalized spacial score (nSPS) is 34.3. The zero-order valence-corrected chi connectivity index (χ0v) is 12.4. The topological polar surface area (TPSA) is 78.9 Å². The number of fused-ring (bicyclic) bond motifs is 1. The molecule has 1 aliphatic heterocycles. The molecule has 1 saturated carbocycles. The molecule has 1 heterocycles. The summed E-state index contributed by atoms with van der Waals surface area (Å²) in [7, 11) is 0. The number of hydrogen-bond donors (Lipinski definition) is 0. The van der Waals surface area contributed by atoms with E-state index in [1.165, 1.54) is 13.8 Å². The molecule has 4 atom stereocenters. The summed E-state index contributed by atoms with van der Waals surface area (Å²) in [6.45, 7) is 2.50. The lowest BCUT2D eigenvalue weighted by molar-refractivity contribution is -0.152. The first-order chi connectivity index (χ1) is 9.23. The van der Waals surface area contributed by atoms with E-state index in [0.29, 0.717) is 6.42 Å². The smallest absolute Gasteiger partial charge is 0.343 e. The number of rotatable bonds is 3. The minimum atomic E-state index is -1.72. The molecule has 0 aromatic carbocycles. The Morgan fingerprint density at radius 2 is 2.00 bits per heavy atom. The summed E-state index contributed by atoms with van der Waals surface area (Å²) in [6, 6.07) is 0. The first kappa shape index (κ1) is 15.4. The summed E-state index contributed by atoms with van der Waals surface area (Å²) in [5, 5.41) is 0. The van der Waals surface area contributed by atoms with Crippen molar-refractivity contribution in [1.82, 2.24) is 0 Å². The summed E-state index contributed by atoms with van der Waals surface area (Å²) in [5.74, 6) is -2.72. The highest BCUT2D eigenvalue weighted by atomic mass is 35.5. The van der Waals surface area contributed by atoms with Gasteiger partial charge in [-0.3, -0.25) is 9.59 Å². The van der Waals surface area contributed by atoms with Gasteiger partial charge in [0, 0.05) is 32.1 Å². The molecule has 112 valence electrons. The maximum Gasteiger partial charge on any atom is 0.343 e. The SMILES string of the molecule is CC(=O)OC[C@H]1[C@@H]2[C@H](C[C@H]1OC(C)=O)OC(=O)C2(Cl)Cl. The summed E-state index contributed by atoms with van der Waals surface area (Å²) in [5.41, 5.74) is 0. The molecule has 2 rings (SSSR count). The number of carbonyl (C=O) groups excluding carboxylic acids is 3. The first-order valence-corrected chi connectivity index (χ1v) is 6.88. The highest BCUT2D eigenvalue weighted by Gasteiger charge is 2.64. The van der Waals surface area contributed by atoms with E-state index in [1.54, 1.807) is 0 Å². The Kier molecular flexibility index (Phi) is 4.16. The van der Waals surface area contributed by atoms with E-state index < -0.39 is 46.3 Å². The summed E-state index contributed by atoms with van der Waals surface area (Å²) >= 11 is 12.1. The molecule has 20 heavy (non-hydrogen) atoms. The van der Waals surface area contributed by atoms with Gasteiger partial charge < -0.3 is 14.2 Å². The molecule has 0 spiro atoms. The van der Waals surface area contributed by atoms with Crippen LogP contribution in [0.5, 0.6) is 0 Å². The predicted octanol–water partition coefficient (Wildman–Crippen LogP) is 1.22. The van der Waals surface area contributed by atoms with Crippen molar-refractivity contribution in [1.29, 1.82) is 0 Å². The van der Waals surface area contributed by atoms with E-state index in [4.69, 9.17) is 37.4 Å². The van der Waals surface area contributed by atoms with Crippen LogP contribution >= 0.6 is 23.2 Å². The minimum absolute atomic E-state index is 0.0354. The van der Waals surface area contributed by atoms with Crippen LogP contribution in [-0.2, 0) is 28.6 Å². The van der Waals surface area contributed by atoms with Crippen LogP contribution < -0.4 is 0 Å². The number of ether oxygens (including phenoxy) is 3. The predicted molar refractivity (Wildman–Crippen MR) is 68.1 cm³/mol. The third kappa shape index (κ3) is 2.72. The Hall–Kier alpha value is -1.01. The van der Waals surface area contributed by atoms with Gasteiger partial charge in [0.2, 0.25) is 4.33 Å². The number of halogens is 2. The fourth-order valence-corrected chi connectivity index (χ4v) is 3.50. The van der Waals surface area contributed by atoms with Gasteiger partial charge in [0.1, 0.15) is 12.2 Å². The molecule has 0 radical (unpaired) electrons. The van der Waals surface area contributed by atoms with Crippen LogP contribution in [0.3, 0.4) is 0 Å². The van der Waals surface area contributed by atoms with Crippen LogP contribution in [0.1, 0.15) is 20.3 Å². The van der Waals surface area contributed by atoms with Gasteiger partial charge in [0.15, 0.2) is 0 Å². The summed E-state index contributed by atoms with van der Waals surface area (Å²) < 4.78 is 13.5. The lowest BCUT2D eigenvalue weighted by atomic mass is 9.92. The van der Waals surface area contributed by atoms with Crippen molar-refractivity contribution in [2.75, 3.05) is 6.61 Å². The summed E-state index contributed by atoms with van der Waals surface area (Å²) in [6.07, 6.45) is -0.794. The van der Waals surface area contributed by atoms with Crippen molar-refractivity contribution < 1.29 is 28.6 Å². The van der Waals surface area contributed by atoms with Gasteiger partial charge in [0.05, 0.1) is 6.61 Å². The van der Waals surface area contributed by atoms with Crippen molar-refractivity contribution in [3.8, 4) is 0 Å². The van der Waals surface area contributed by atoms with Crippen LogP contribution in [0.4, 0.5) is 0 Å². The number of carbonyl (C=O) groups is 3. The standard InChI is InChI=1S/C12H14Cl2O6/c1-5(15)18-4-7-8(19-6(2)16)3-9-10(7)12(13,14)11(17)20-9/h7-10H,3-4H2,1-2H3/t7-,8-,9+,10-/m1/s1. The quantitative estimate of drug-likeness (QED) is 0.441. The van der Waals surface area contributed by atoms with Gasteiger partial charge in [-0.1, -0.05) is 23.2 Å². The van der Waals surface area contributed by atoms with Crippen LogP contribution in [0.2, 0.25) is 0 Å². The molecular formula is C12H14Cl2O6. The molecule has 0 N–H and O–H groups in total. The fourth-order valence-electron chi connectivity index (χ4n) is 2.81. The second-order valence-corrected chi connectivity index (χ2v) is 6.33. The van der Waals surface area contributed by atoms with Crippen molar-refractivity contribution in [2.45, 2.75) is 36.8 Å². The lowest BCUT2D eigenvalue weighted by Crippen LogP contribution is -2.38. The number of alkyl halides is 2. The molecule has 0 unspecified atom stereocenters. The van der Waals surface area contributed by atoms with E-state index in [1.807, 2.05) is 0 Å². The van der Waals surface area contributed by atoms with Crippen molar-refractivity contribution in [3.63, 3.8) is 0 Å². The molecule has 8 heteroatoms. The Labute approximate surface area is 125 Å². The van der Waals surface area contributed by atoms with Gasteiger partial charge in [-0.05, 0) is 0 Å². The third-order valence-corrected chi connectivity index (χ3v) is 4.36. The van der Waals surface area contributed by atoms with Gasteiger partial charge in [-0.15, -0.1) is 0 Å². The van der Waals surface area contributed by atoms with Gasteiger partial charge in [0.25, 0.3) is 0 Å². The Morgan fingerprint density at radius 1 is 1.35 bits per heavy atom. The Balaban J connectivity index is 2.20. The maximum absolute atomic E-state index is 11.6. The molecule has 2 aliphatic rings. The lowest BCUT2D eigenvalue weighted by Gasteiger charge is -2.26. The third-order valence-electron chi connectivity index (χ3n) is 3.55. The molecule has 0 amide bonds. The van der Waals surface area contributed by atoms with Crippen molar-refractivity contribution in [3.05, 3.63) is 0 Å². The van der Waals surface area contributed by atoms with Crippen LogP contribution in [0, 0.1) is 11.8 Å². The molecular weight excluding hydrogens is 311 g/mol. The van der Waals surface area contributed by atoms with E-state index in [0.717, 1.165) is 0 Å². The van der Waals surface area contributed by atoms with Crippen LogP contribution in [0.25, 0.3) is 0 Å². The molecule has 0 aromatic rings. The van der Waals surface area contributed by atoms with Crippen molar-refractivity contribution in [2.24, 2.45) is 11.8 Å². The second kappa shape index (κ2) is 5.41. The van der Waals surface area contributed by atoms with Crippen molar-refractivity contribution >= 4 is 41.1 Å². The average Bonchev–Trinajstić information content (AvgIpc) is 2.72. The monoisotopic (exact) mass is 324 g/mol. The Morgan fingerprint density at radius 3 is 2.55 bits per heavy atom. The molecule has 0 bridgehead atoms. The van der Waals surface area contributed by atoms with Gasteiger partial charge in [-0.25, -0.2) is 4.79 Å². The zero-order chi connectivity index (χ0) is 15.1. The summed E-state index contributed by atoms with van der Waals surface area (Å²) in [4.78, 5) is 33.7. The molecule has 6 nitrogen and oxygen atoms in total. The molecule has 1 aliphatic carbocycles. The van der Waals surface area contributed by atoms with Crippen LogP contribution in [-0.4, -0.2) is 41.1 Å². The minimum Gasteiger partial charge on any atom is -0.465 e. The van der Waals surface area contributed by atoms with E-state index in [-0.39, 0.29) is 6.61 Å². The van der Waals surface area contributed by atoms with Gasteiger partial charge >= 0.3 is 17.9 Å². The molecule has 2 fully saturated rings. The Bertz CT molecular complexity index is 449. The fraction of sp³-hybridized carbons (Fsp3) is 0.750. The number of hydrogen-bond acceptors (Lipinski definition) is 6. The largest absolute Gasteiger partial charge is 0.465 e. The van der Waals surface area contributed by atoms with E-state index in [2.05, 4.69) is 0 Å². The number of esters is 3. The highest BCUT2D eigenvalue weighted by molar-refractivity contribution is 6.58. The molecule has 1 saturated heterocycles. The van der Waals surface area contributed by atoms with E-state index >= 15 is 0 Å². The maximum atomic E-state index is 11.6. The highest BCUT2D eigenvalue weighted by Crippen LogP contribution is 2.52. The molecule has 0 aromatic heterocycles.